The van der Waals surface area contributed by atoms with Crippen molar-refractivity contribution in [3.05, 3.63) is 40.7 Å². The Bertz CT molecular complexity index is 695. The predicted molar refractivity (Wildman–Crippen MR) is 68.1 cm³/mol. The van der Waals surface area contributed by atoms with E-state index in [0.717, 1.165) is 6.07 Å². The second-order valence-corrected chi connectivity index (χ2v) is 4.11. The molecule has 0 bridgehead atoms. The first-order chi connectivity index (χ1) is 9.45. The number of aromatic nitrogens is 2. The average molecular weight is 300 g/mol. The number of esters is 1. The molecule has 0 saturated heterocycles. The summed E-state index contributed by atoms with van der Waals surface area (Å²) < 4.78 is 32.0. The van der Waals surface area contributed by atoms with E-state index < -0.39 is 28.3 Å². The average Bonchev–Trinajstić information content (AvgIpc) is 2.44. The fraction of sp³-hybridized carbons (Fsp3) is 0.0833. The molecule has 0 aliphatic carbocycles. The first kappa shape index (κ1) is 14.1. The van der Waals surface area contributed by atoms with Crippen LogP contribution in [0, 0.1) is 11.6 Å². The Balaban J connectivity index is 2.63. The fourth-order valence-electron chi connectivity index (χ4n) is 1.54. The van der Waals surface area contributed by atoms with Gasteiger partial charge in [0, 0.05) is 6.20 Å². The van der Waals surface area contributed by atoms with Gasteiger partial charge in [0.05, 0.1) is 23.4 Å². The van der Waals surface area contributed by atoms with Gasteiger partial charge in [-0.3, -0.25) is 0 Å². The van der Waals surface area contributed by atoms with Crippen LogP contribution in [0.4, 0.5) is 14.5 Å². The van der Waals surface area contributed by atoms with Crippen molar-refractivity contribution in [2.24, 2.45) is 0 Å². The topological polar surface area (TPSA) is 78.1 Å². The van der Waals surface area contributed by atoms with Gasteiger partial charge in [0.1, 0.15) is 5.82 Å². The van der Waals surface area contributed by atoms with Crippen LogP contribution in [0.1, 0.15) is 10.5 Å². The van der Waals surface area contributed by atoms with Gasteiger partial charge >= 0.3 is 5.97 Å². The van der Waals surface area contributed by atoms with E-state index >= 15 is 0 Å². The van der Waals surface area contributed by atoms with Crippen molar-refractivity contribution in [2.45, 2.75) is 0 Å². The molecular weight excluding hydrogens is 292 g/mol. The molecule has 1 aromatic heterocycles. The number of halogens is 3. The minimum absolute atomic E-state index is 0.105. The Morgan fingerprint density at radius 3 is 2.80 bits per heavy atom. The lowest BCUT2D eigenvalue weighted by atomic mass is 10.1. The van der Waals surface area contributed by atoms with Gasteiger partial charge in [0.25, 0.3) is 0 Å². The van der Waals surface area contributed by atoms with Crippen molar-refractivity contribution < 1.29 is 18.3 Å². The molecule has 0 fully saturated rings. The summed E-state index contributed by atoms with van der Waals surface area (Å²) in [6.07, 6.45) is 1.21. The van der Waals surface area contributed by atoms with Crippen LogP contribution in [-0.4, -0.2) is 23.0 Å². The summed E-state index contributed by atoms with van der Waals surface area (Å²) in [7, 11) is 1.17. The highest BCUT2D eigenvalue weighted by Crippen LogP contribution is 2.32. The number of carbonyl (C=O) groups is 1. The van der Waals surface area contributed by atoms with Crippen LogP contribution in [-0.2, 0) is 4.74 Å². The van der Waals surface area contributed by atoms with Crippen LogP contribution in [0.3, 0.4) is 0 Å². The van der Waals surface area contributed by atoms with Gasteiger partial charge in [-0.1, -0.05) is 11.6 Å². The molecule has 0 saturated carbocycles. The Kier molecular flexibility index (Phi) is 3.80. The van der Waals surface area contributed by atoms with Crippen LogP contribution >= 0.6 is 11.6 Å². The minimum Gasteiger partial charge on any atom is -0.464 e. The van der Waals surface area contributed by atoms with Gasteiger partial charge in [-0.15, -0.1) is 0 Å². The SMILES string of the molecule is COC(=O)c1ccnc(-c2c(F)cc(Cl)c(F)c2N)n1. The molecule has 2 N–H and O–H groups in total. The van der Waals surface area contributed by atoms with Crippen LogP contribution in [0.15, 0.2) is 18.3 Å². The Morgan fingerprint density at radius 1 is 1.45 bits per heavy atom. The van der Waals surface area contributed by atoms with Crippen LogP contribution < -0.4 is 5.73 Å². The highest BCUT2D eigenvalue weighted by molar-refractivity contribution is 6.31. The number of hydrogen-bond donors (Lipinski definition) is 1. The highest BCUT2D eigenvalue weighted by atomic mass is 35.5. The quantitative estimate of drug-likeness (QED) is 0.523. The Hall–Kier alpha value is -2.28. The normalized spacial score (nSPS) is 10.4. The van der Waals surface area contributed by atoms with Gasteiger partial charge < -0.3 is 10.5 Å². The maximum absolute atomic E-state index is 13.9. The summed E-state index contributed by atoms with van der Waals surface area (Å²) in [4.78, 5) is 18.9. The summed E-state index contributed by atoms with van der Waals surface area (Å²) in [5.41, 5.74) is 4.48. The number of benzene rings is 1. The lowest BCUT2D eigenvalue weighted by Crippen LogP contribution is -2.07. The van der Waals surface area contributed by atoms with Crippen LogP contribution in [0.2, 0.25) is 5.02 Å². The molecule has 0 spiro atoms. The molecule has 5 nitrogen and oxygen atoms in total. The number of hydrogen-bond acceptors (Lipinski definition) is 5. The smallest absolute Gasteiger partial charge is 0.356 e. The molecule has 2 aromatic rings. The molecule has 0 amide bonds. The van der Waals surface area contributed by atoms with Gasteiger partial charge in [0.15, 0.2) is 17.3 Å². The number of rotatable bonds is 2. The van der Waals surface area contributed by atoms with Gasteiger partial charge in [-0.25, -0.2) is 23.5 Å². The number of nitrogens with zero attached hydrogens (tertiary/aromatic N) is 2. The molecule has 0 atom stereocenters. The van der Waals surface area contributed by atoms with Crippen molar-refractivity contribution >= 4 is 23.3 Å². The minimum atomic E-state index is -0.977. The van der Waals surface area contributed by atoms with Gasteiger partial charge in [-0.05, 0) is 12.1 Å². The summed E-state index contributed by atoms with van der Waals surface area (Å²) in [6.45, 7) is 0. The number of nitrogen functional groups attached to an aromatic ring is 1. The first-order valence-electron chi connectivity index (χ1n) is 5.30. The number of carbonyl (C=O) groups excluding carboxylic acids is 1. The van der Waals surface area contributed by atoms with E-state index in [-0.39, 0.29) is 17.1 Å². The molecule has 1 aromatic carbocycles. The van der Waals surface area contributed by atoms with Gasteiger partial charge in [-0.2, -0.15) is 0 Å². The molecular formula is C12H8ClF2N3O2. The zero-order chi connectivity index (χ0) is 14.9. The third-order valence-electron chi connectivity index (χ3n) is 2.48. The monoisotopic (exact) mass is 299 g/mol. The predicted octanol–water partition coefficient (Wildman–Crippen LogP) is 2.44. The summed E-state index contributed by atoms with van der Waals surface area (Å²) >= 11 is 5.47. The number of ether oxygens (including phenoxy) is 1. The van der Waals surface area contributed by atoms with E-state index in [2.05, 4.69) is 14.7 Å². The van der Waals surface area contributed by atoms with Crippen molar-refractivity contribution in [1.82, 2.24) is 9.97 Å². The van der Waals surface area contributed by atoms with Crippen LogP contribution in [0.5, 0.6) is 0 Å². The largest absolute Gasteiger partial charge is 0.464 e. The molecule has 0 radical (unpaired) electrons. The van der Waals surface area contributed by atoms with E-state index in [4.69, 9.17) is 17.3 Å². The molecule has 0 aliphatic rings. The van der Waals surface area contributed by atoms with Gasteiger partial charge in [0.2, 0.25) is 0 Å². The number of anilines is 1. The summed E-state index contributed by atoms with van der Waals surface area (Å²) in [5.74, 6) is -2.84. The second-order valence-electron chi connectivity index (χ2n) is 3.70. The fourth-order valence-corrected chi connectivity index (χ4v) is 1.74. The van der Waals surface area contributed by atoms with Crippen molar-refractivity contribution in [3.8, 4) is 11.4 Å². The molecule has 20 heavy (non-hydrogen) atoms. The molecule has 0 unspecified atom stereocenters. The van der Waals surface area contributed by atoms with E-state index in [0.29, 0.717) is 0 Å². The van der Waals surface area contributed by atoms with Crippen molar-refractivity contribution in [2.75, 3.05) is 12.8 Å². The standard InChI is InChI=1S/C12H8ClF2N3O2/c1-20-12(19)7-2-3-17-11(18-7)8-6(14)4-5(13)9(15)10(8)16/h2-4H,16H2,1H3. The number of methoxy groups -OCH3 is 1. The zero-order valence-corrected chi connectivity index (χ0v) is 10.9. The van der Waals surface area contributed by atoms with Crippen molar-refractivity contribution in [1.29, 1.82) is 0 Å². The summed E-state index contributed by atoms with van der Waals surface area (Å²) in [6, 6.07) is 2.03. The van der Waals surface area contributed by atoms with Crippen LogP contribution in [0.25, 0.3) is 11.4 Å². The second kappa shape index (κ2) is 5.38. The van der Waals surface area contributed by atoms with E-state index in [1.54, 1.807) is 0 Å². The lowest BCUT2D eigenvalue weighted by Gasteiger charge is -2.08. The third kappa shape index (κ3) is 2.39. The highest BCUT2D eigenvalue weighted by Gasteiger charge is 2.20. The number of nitrogens with two attached hydrogens (primary N) is 1. The third-order valence-corrected chi connectivity index (χ3v) is 2.76. The maximum atomic E-state index is 13.9. The van der Waals surface area contributed by atoms with Crippen molar-refractivity contribution in [3.63, 3.8) is 0 Å². The van der Waals surface area contributed by atoms with E-state index in [9.17, 15) is 13.6 Å². The van der Waals surface area contributed by atoms with E-state index in [1.165, 1.54) is 19.4 Å². The first-order valence-corrected chi connectivity index (χ1v) is 5.68. The maximum Gasteiger partial charge on any atom is 0.356 e. The lowest BCUT2D eigenvalue weighted by molar-refractivity contribution is 0.0594. The molecule has 0 aliphatic heterocycles. The Labute approximate surface area is 117 Å². The van der Waals surface area contributed by atoms with E-state index in [1.807, 2.05) is 0 Å². The molecule has 2 rings (SSSR count). The molecule has 8 heteroatoms. The zero-order valence-electron chi connectivity index (χ0n) is 10.2. The molecule has 1 heterocycles. The summed E-state index contributed by atoms with van der Waals surface area (Å²) in [5, 5.41) is -0.451. The Morgan fingerprint density at radius 2 is 2.15 bits per heavy atom. The molecule has 104 valence electrons.